The molecule has 0 aromatic heterocycles. The lowest BCUT2D eigenvalue weighted by atomic mass is 9.90. The molecule has 1 heterocycles. The first-order valence-electron chi connectivity index (χ1n) is 6.87. The first kappa shape index (κ1) is 15.5. The van der Waals surface area contributed by atoms with Crippen LogP contribution in [0.25, 0.3) is 0 Å². The van der Waals surface area contributed by atoms with Crippen LogP contribution in [-0.2, 0) is 16.0 Å². The minimum absolute atomic E-state index is 0.0227. The molecule has 6 heteroatoms. The molecule has 0 radical (unpaired) electrons. The van der Waals surface area contributed by atoms with Gasteiger partial charge in [-0.3, -0.25) is 4.79 Å². The maximum absolute atomic E-state index is 12.2. The van der Waals surface area contributed by atoms with Gasteiger partial charge in [-0.2, -0.15) is 0 Å². The van der Waals surface area contributed by atoms with Crippen molar-refractivity contribution in [2.24, 2.45) is 0 Å². The lowest BCUT2D eigenvalue weighted by molar-refractivity contribution is -0.124. The van der Waals surface area contributed by atoms with Crippen molar-refractivity contribution in [1.82, 2.24) is 5.32 Å². The van der Waals surface area contributed by atoms with Crippen molar-refractivity contribution < 1.29 is 24.5 Å². The fourth-order valence-corrected chi connectivity index (χ4v) is 2.48. The quantitative estimate of drug-likeness (QED) is 0.738. The summed E-state index contributed by atoms with van der Waals surface area (Å²) in [6, 6.07) is 6.42. The molecule has 0 spiro atoms. The van der Waals surface area contributed by atoms with Crippen LogP contribution >= 0.6 is 0 Å². The summed E-state index contributed by atoms with van der Waals surface area (Å²) in [6.07, 6.45) is 1.08. The van der Waals surface area contributed by atoms with Gasteiger partial charge in [0.05, 0.1) is 24.1 Å². The van der Waals surface area contributed by atoms with E-state index < -0.39 is 11.5 Å². The van der Waals surface area contributed by atoms with Crippen molar-refractivity contribution in [2.75, 3.05) is 19.8 Å². The van der Waals surface area contributed by atoms with Crippen LogP contribution in [0.2, 0.25) is 0 Å². The van der Waals surface area contributed by atoms with Crippen LogP contribution in [0.4, 0.5) is 0 Å². The molecular formula is C15H19NO5. The Labute approximate surface area is 122 Å². The molecule has 0 aliphatic carbocycles. The second kappa shape index (κ2) is 6.69. The molecule has 1 amide bonds. The van der Waals surface area contributed by atoms with Gasteiger partial charge in [0.1, 0.15) is 0 Å². The number of carboxylic acid groups (broad SMARTS) is 1. The Morgan fingerprint density at radius 2 is 1.90 bits per heavy atom. The highest BCUT2D eigenvalue weighted by Crippen LogP contribution is 2.20. The molecule has 0 atom stereocenters. The van der Waals surface area contributed by atoms with Crippen LogP contribution in [0.1, 0.15) is 28.8 Å². The number of carboxylic acids is 1. The second-order valence-electron chi connectivity index (χ2n) is 5.24. The standard InChI is InChI=1S/C15H19NO5/c17-10-15(5-7-21-8-6-15)16-13(18)9-11-3-1-2-4-12(11)14(19)20/h1-4,17H,5-10H2,(H,16,18)(H,19,20). The van der Waals surface area contributed by atoms with Crippen molar-refractivity contribution in [3.05, 3.63) is 35.4 Å². The number of aliphatic hydroxyl groups excluding tert-OH is 1. The molecule has 0 bridgehead atoms. The molecule has 114 valence electrons. The van der Waals surface area contributed by atoms with E-state index in [9.17, 15) is 14.7 Å². The molecule has 0 unspecified atom stereocenters. The molecule has 0 saturated carbocycles. The first-order chi connectivity index (χ1) is 10.1. The van der Waals surface area contributed by atoms with Crippen LogP contribution in [0.15, 0.2) is 24.3 Å². The van der Waals surface area contributed by atoms with E-state index in [1.54, 1.807) is 18.2 Å². The molecule has 2 rings (SSSR count). The number of aromatic carboxylic acids is 1. The maximum Gasteiger partial charge on any atom is 0.335 e. The van der Waals surface area contributed by atoms with E-state index in [0.29, 0.717) is 31.6 Å². The van der Waals surface area contributed by atoms with Gasteiger partial charge < -0.3 is 20.3 Å². The molecule has 21 heavy (non-hydrogen) atoms. The fourth-order valence-electron chi connectivity index (χ4n) is 2.48. The number of nitrogens with one attached hydrogen (secondary N) is 1. The highest BCUT2D eigenvalue weighted by molar-refractivity contribution is 5.91. The number of carbonyl (C=O) groups excluding carboxylic acids is 1. The summed E-state index contributed by atoms with van der Waals surface area (Å²) in [5.74, 6) is -1.35. The molecule has 1 aliphatic rings. The summed E-state index contributed by atoms with van der Waals surface area (Å²) in [4.78, 5) is 23.3. The predicted molar refractivity (Wildman–Crippen MR) is 75.1 cm³/mol. The van der Waals surface area contributed by atoms with E-state index in [1.165, 1.54) is 6.07 Å². The molecule has 1 fully saturated rings. The van der Waals surface area contributed by atoms with Gasteiger partial charge in [-0.15, -0.1) is 0 Å². The van der Waals surface area contributed by atoms with E-state index in [-0.39, 0.29) is 24.5 Å². The lowest BCUT2D eigenvalue weighted by Gasteiger charge is -2.36. The zero-order valence-corrected chi connectivity index (χ0v) is 11.7. The van der Waals surface area contributed by atoms with E-state index in [2.05, 4.69) is 5.32 Å². The number of carbonyl (C=O) groups is 2. The van der Waals surface area contributed by atoms with Crippen molar-refractivity contribution in [3.8, 4) is 0 Å². The summed E-state index contributed by atoms with van der Waals surface area (Å²) in [7, 11) is 0. The summed E-state index contributed by atoms with van der Waals surface area (Å²) < 4.78 is 5.24. The van der Waals surface area contributed by atoms with Gasteiger partial charge in [-0.1, -0.05) is 18.2 Å². The van der Waals surface area contributed by atoms with Gasteiger partial charge in [0.15, 0.2) is 0 Å². The molecule has 1 aliphatic heterocycles. The Kier molecular flexibility index (Phi) is 4.93. The van der Waals surface area contributed by atoms with Crippen molar-refractivity contribution >= 4 is 11.9 Å². The Morgan fingerprint density at radius 1 is 1.24 bits per heavy atom. The fraction of sp³-hybridized carbons (Fsp3) is 0.467. The number of aliphatic hydroxyl groups is 1. The maximum atomic E-state index is 12.2. The van der Waals surface area contributed by atoms with Gasteiger partial charge in [0.2, 0.25) is 5.91 Å². The van der Waals surface area contributed by atoms with Crippen LogP contribution in [0.5, 0.6) is 0 Å². The highest BCUT2D eigenvalue weighted by Gasteiger charge is 2.33. The molecule has 3 N–H and O–H groups in total. The number of benzene rings is 1. The normalized spacial score (nSPS) is 17.2. The number of hydrogen-bond acceptors (Lipinski definition) is 4. The van der Waals surface area contributed by atoms with Crippen LogP contribution in [0, 0.1) is 0 Å². The minimum atomic E-state index is -1.05. The second-order valence-corrected chi connectivity index (χ2v) is 5.24. The van der Waals surface area contributed by atoms with E-state index in [4.69, 9.17) is 9.84 Å². The van der Waals surface area contributed by atoms with Crippen LogP contribution < -0.4 is 5.32 Å². The van der Waals surface area contributed by atoms with E-state index in [0.717, 1.165) is 0 Å². The third-order valence-electron chi connectivity index (χ3n) is 3.76. The number of ether oxygens (including phenoxy) is 1. The number of amides is 1. The lowest BCUT2D eigenvalue weighted by Crippen LogP contribution is -2.55. The average Bonchev–Trinajstić information content (AvgIpc) is 2.48. The summed E-state index contributed by atoms with van der Waals surface area (Å²) >= 11 is 0. The van der Waals surface area contributed by atoms with Crippen LogP contribution in [-0.4, -0.2) is 47.4 Å². The Bertz CT molecular complexity index is 523. The predicted octanol–water partition coefficient (Wildman–Crippen LogP) is 0.585. The SMILES string of the molecule is O=C(Cc1ccccc1C(=O)O)NC1(CO)CCOCC1. The highest BCUT2D eigenvalue weighted by atomic mass is 16.5. The largest absolute Gasteiger partial charge is 0.478 e. The monoisotopic (exact) mass is 293 g/mol. The van der Waals surface area contributed by atoms with Crippen molar-refractivity contribution in [3.63, 3.8) is 0 Å². The third-order valence-corrected chi connectivity index (χ3v) is 3.76. The smallest absolute Gasteiger partial charge is 0.335 e. The Balaban J connectivity index is 2.06. The van der Waals surface area contributed by atoms with Gasteiger partial charge in [0, 0.05) is 13.2 Å². The van der Waals surface area contributed by atoms with Gasteiger partial charge >= 0.3 is 5.97 Å². The van der Waals surface area contributed by atoms with Gasteiger partial charge in [0.25, 0.3) is 0 Å². The topological polar surface area (TPSA) is 95.9 Å². The summed E-state index contributed by atoms with van der Waals surface area (Å²) in [5, 5.41) is 21.5. The van der Waals surface area contributed by atoms with Crippen molar-refractivity contribution in [1.29, 1.82) is 0 Å². The number of hydrogen-bond donors (Lipinski definition) is 3. The molecule has 6 nitrogen and oxygen atoms in total. The number of rotatable bonds is 5. The Hall–Kier alpha value is -1.92. The Morgan fingerprint density at radius 3 is 2.52 bits per heavy atom. The minimum Gasteiger partial charge on any atom is -0.478 e. The molecular weight excluding hydrogens is 274 g/mol. The molecule has 1 aromatic carbocycles. The molecule has 1 saturated heterocycles. The molecule has 1 aromatic rings. The zero-order chi connectivity index (χ0) is 15.3. The first-order valence-corrected chi connectivity index (χ1v) is 6.87. The van der Waals surface area contributed by atoms with E-state index in [1.807, 2.05) is 0 Å². The van der Waals surface area contributed by atoms with Gasteiger partial charge in [-0.25, -0.2) is 4.79 Å². The van der Waals surface area contributed by atoms with Crippen molar-refractivity contribution in [2.45, 2.75) is 24.8 Å². The van der Waals surface area contributed by atoms with Crippen LogP contribution in [0.3, 0.4) is 0 Å². The van der Waals surface area contributed by atoms with Gasteiger partial charge in [-0.05, 0) is 24.5 Å². The summed E-state index contributed by atoms with van der Waals surface area (Å²) in [5.41, 5.74) is -0.0756. The zero-order valence-electron chi connectivity index (χ0n) is 11.7. The summed E-state index contributed by atoms with van der Waals surface area (Å²) in [6.45, 7) is 0.835. The average molecular weight is 293 g/mol. The van der Waals surface area contributed by atoms with E-state index >= 15 is 0 Å². The third kappa shape index (κ3) is 3.80.